The summed E-state index contributed by atoms with van der Waals surface area (Å²) in [6.45, 7) is 0.172. The van der Waals surface area contributed by atoms with E-state index in [0.29, 0.717) is 5.56 Å². The maximum absolute atomic E-state index is 12.9. The number of rotatable bonds is 6. The smallest absolute Gasteiger partial charge is 0.178 e. The number of benzene rings is 3. The number of ketones is 1. The number of hydrogen-bond acceptors (Lipinski definition) is 2. The molecule has 130 valence electrons. The SMILES string of the molecule is O=C(C/C=[N+](\[O-])Cc1ccc(-c2ccccc2)cc1)c1ccc(F)cc1. The van der Waals surface area contributed by atoms with E-state index in [9.17, 15) is 14.4 Å². The van der Waals surface area contributed by atoms with Crippen LogP contribution in [0.4, 0.5) is 4.39 Å². The molecule has 0 bridgehead atoms. The molecule has 3 rings (SSSR count). The van der Waals surface area contributed by atoms with Gasteiger partial charge < -0.3 is 5.21 Å². The summed E-state index contributed by atoms with van der Waals surface area (Å²) in [7, 11) is 0. The Morgan fingerprint density at radius 2 is 1.50 bits per heavy atom. The minimum atomic E-state index is -0.394. The molecular weight excluding hydrogens is 329 g/mol. The molecule has 0 unspecified atom stereocenters. The van der Waals surface area contributed by atoms with Crippen LogP contribution in [0.1, 0.15) is 22.3 Å². The van der Waals surface area contributed by atoms with Gasteiger partial charge in [-0.25, -0.2) is 9.13 Å². The van der Waals surface area contributed by atoms with Gasteiger partial charge >= 0.3 is 0 Å². The molecule has 4 heteroatoms. The topological polar surface area (TPSA) is 43.1 Å². The van der Waals surface area contributed by atoms with Crippen molar-refractivity contribution >= 4 is 12.0 Å². The van der Waals surface area contributed by atoms with Gasteiger partial charge in [0.1, 0.15) is 5.82 Å². The van der Waals surface area contributed by atoms with Gasteiger partial charge in [-0.1, -0.05) is 54.6 Å². The molecule has 0 N–H and O–H groups in total. The predicted octanol–water partition coefficient (Wildman–Crippen LogP) is 4.85. The lowest BCUT2D eigenvalue weighted by Crippen LogP contribution is -2.09. The van der Waals surface area contributed by atoms with Crippen molar-refractivity contribution in [3.63, 3.8) is 0 Å². The number of carbonyl (C=O) groups is 1. The van der Waals surface area contributed by atoms with Crippen LogP contribution < -0.4 is 0 Å². The molecule has 0 heterocycles. The number of halogens is 1. The molecule has 0 aliphatic heterocycles. The van der Waals surface area contributed by atoms with Gasteiger partial charge in [0.15, 0.2) is 18.5 Å². The quantitative estimate of drug-likeness (QED) is 0.210. The third kappa shape index (κ3) is 4.63. The maximum atomic E-state index is 12.9. The van der Waals surface area contributed by atoms with Gasteiger partial charge in [-0.15, -0.1) is 0 Å². The highest BCUT2D eigenvalue weighted by atomic mass is 19.1. The first-order chi connectivity index (χ1) is 12.6. The monoisotopic (exact) mass is 347 g/mol. The molecule has 0 aromatic heterocycles. The van der Waals surface area contributed by atoms with E-state index in [-0.39, 0.29) is 18.7 Å². The van der Waals surface area contributed by atoms with Gasteiger partial charge in [0.25, 0.3) is 0 Å². The van der Waals surface area contributed by atoms with Gasteiger partial charge in [0, 0.05) is 11.1 Å². The molecule has 0 atom stereocenters. The summed E-state index contributed by atoms with van der Waals surface area (Å²) in [6, 6.07) is 23.1. The standard InChI is InChI=1S/C22H18FNO2/c23-21-12-10-20(11-13-21)22(25)14-15-24(26)16-17-6-8-19(9-7-17)18-4-2-1-3-5-18/h1-13,15H,14,16H2/b24-15-. The predicted molar refractivity (Wildman–Crippen MR) is 101 cm³/mol. The first-order valence-electron chi connectivity index (χ1n) is 8.32. The lowest BCUT2D eigenvalue weighted by molar-refractivity contribution is -0.470. The second kappa shape index (κ2) is 8.21. The lowest BCUT2D eigenvalue weighted by atomic mass is 10.0. The molecule has 0 aliphatic carbocycles. The van der Waals surface area contributed by atoms with E-state index in [1.165, 1.54) is 30.5 Å². The molecule has 0 spiro atoms. The van der Waals surface area contributed by atoms with Crippen LogP contribution in [0.15, 0.2) is 78.9 Å². The maximum Gasteiger partial charge on any atom is 0.178 e. The number of hydrogen-bond donors (Lipinski definition) is 0. The highest BCUT2D eigenvalue weighted by molar-refractivity contribution is 6.02. The fraction of sp³-hybridized carbons (Fsp3) is 0.0909. The number of Topliss-reactive ketones (excluding diaryl/α,β-unsaturated/α-hetero) is 1. The molecule has 0 saturated carbocycles. The highest BCUT2D eigenvalue weighted by Gasteiger charge is 2.07. The zero-order valence-electron chi connectivity index (χ0n) is 14.1. The average Bonchev–Trinajstić information content (AvgIpc) is 2.68. The van der Waals surface area contributed by atoms with Crippen LogP contribution in [0.3, 0.4) is 0 Å². The van der Waals surface area contributed by atoms with E-state index in [2.05, 4.69) is 0 Å². The summed E-state index contributed by atoms with van der Waals surface area (Å²) in [5, 5.41) is 12.0. The molecule has 0 amide bonds. The molecule has 0 aliphatic rings. The lowest BCUT2D eigenvalue weighted by Gasteiger charge is -2.06. The van der Waals surface area contributed by atoms with Crippen molar-refractivity contribution in [3.8, 4) is 11.1 Å². The third-order valence-electron chi connectivity index (χ3n) is 4.05. The number of hydroxylamine groups is 1. The van der Waals surface area contributed by atoms with Crippen LogP contribution in [0, 0.1) is 11.0 Å². The molecule has 3 aromatic carbocycles. The van der Waals surface area contributed by atoms with E-state index in [1.807, 2.05) is 54.6 Å². The second-order valence-corrected chi connectivity index (χ2v) is 5.95. The van der Waals surface area contributed by atoms with Crippen LogP contribution in [0.25, 0.3) is 11.1 Å². The first-order valence-corrected chi connectivity index (χ1v) is 8.32. The van der Waals surface area contributed by atoms with Crippen molar-refractivity contribution in [1.82, 2.24) is 0 Å². The van der Waals surface area contributed by atoms with Crippen molar-refractivity contribution < 1.29 is 13.9 Å². The van der Waals surface area contributed by atoms with Gasteiger partial charge in [0.2, 0.25) is 0 Å². The Balaban J connectivity index is 1.60. The van der Waals surface area contributed by atoms with Crippen LogP contribution in [0.2, 0.25) is 0 Å². The molecule has 3 aromatic rings. The molecule has 0 radical (unpaired) electrons. The Bertz CT molecular complexity index is 901. The summed E-state index contributed by atoms with van der Waals surface area (Å²) in [6.07, 6.45) is 1.30. The minimum absolute atomic E-state index is 0.0166. The molecule has 3 nitrogen and oxygen atoms in total. The van der Waals surface area contributed by atoms with E-state index >= 15 is 0 Å². The third-order valence-corrected chi connectivity index (χ3v) is 4.05. The van der Waals surface area contributed by atoms with Gasteiger partial charge in [-0.3, -0.25) is 4.79 Å². The fourth-order valence-electron chi connectivity index (χ4n) is 2.62. The molecule has 26 heavy (non-hydrogen) atoms. The largest absolute Gasteiger partial charge is 0.624 e. The Morgan fingerprint density at radius 1 is 0.885 bits per heavy atom. The Kier molecular flexibility index (Phi) is 5.54. The summed E-state index contributed by atoms with van der Waals surface area (Å²) in [5.74, 6) is -0.611. The Hall–Kier alpha value is -3.27. The van der Waals surface area contributed by atoms with Crippen molar-refractivity contribution in [1.29, 1.82) is 0 Å². The van der Waals surface area contributed by atoms with E-state index < -0.39 is 5.82 Å². The minimum Gasteiger partial charge on any atom is -0.624 e. The molecule has 0 fully saturated rings. The van der Waals surface area contributed by atoms with Crippen molar-refractivity contribution in [3.05, 3.63) is 101 Å². The molecular formula is C22H18FNO2. The number of nitrogens with zero attached hydrogens (tertiary/aromatic N) is 1. The van der Waals surface area contributed by atoms with Gasteiger partial charge in [0.05, 0.1) is 6.42 Å². The normalized spacial score (nSPS) is 11.3. The van der Waals surface area contributed by atoms with E-state index in [4.69, 9.17) is 0 Å². The zero-order chi connectivity index (χ0) is 18.4. The summed E-state index contributed by atoms with van der Waals surface area (Å²) >= 11 is 0. The molecule has 0 saturated heterocycles. The van der Waals surface area contributed by atoms with Gasteiger partial charge in [-0.05, 0) is 35.4 Å². The van der Waals surface area contributed by atoms with Crippen molar-refractivity contribution in [2.24, 2.45) is 0 Å². The van der Waals surface area contributed by atoms with Crippen LogP contribution in [-0.2, 0) is 6.54 Å². The second-order valence-electron chi connectivity index (χ2n) is 5.95. The Labute approximate surface area is 151 Å². The van der Waals surface area contributed by atoms with Crippen LogP contribution in [0.5, 0.6) is 0 Å². The first kappa shape index (κ1) is 17.5. The van der Waals surface area contributed by atoms with Crippen LogP contribution in [-0.4, -0.2) is 16.7 Å². The summed E-state index contributed by atoms with van der Waals surface area (Å²) < 4.78 is 13.6. The van der Waals surface area contributed by atoms with E-state index in [1.54, 1.807) is 0 Å². The highest BCUT2D eigenvalue weighted by Crippen LogP contribution is 2.19. The Morgan fingerprint density at radius 3 is 2.15 bits per heavy atom. The average molecular weight is 347 g/mol. The van der Waals surface area contributed by atoms with Gasteiger partial charge in [-0.2, -0.15) is 0 Å². The van der Waals surface area contributed by atoms with Crippen LogP contribution >= 0.6 is 0 Å². The number of carbonyl (C=O) groups excluding carboxylic acids is 1. The summed E-state index contributed by atoms with van der Waals surface area (Å²) in [4.78, 5) is 12.0. The van der Waals surface area contributed by atoms with Crippen molar-refractivity contribution in [2.45, 2.75) is 13.0 Å². The van der Waals surface area contributed by atoms with Crippen molar-refractivity contribution in [2.75, 3.05) is 0 Å². The summed E-state index contributed by atoms with van der Waals surface area (Å²) in [5.41, 5.74) is 3.46. The van der Waals surface area contributed by atoms with E-state index in [0.717, 1.165) is 21.4 Å². The zero-order valence-corrected chi connectivity index (χ0v) is 14.1. The fourth-order valence-corrected chi connectivity index (χ4v) is 2.62.